The summed E-state index contributed by atoms with van der Waals surface area (Å²) in [5.74, 6) is -0.299. The minimum Gasteiger partial charge on any atom is -0.393 e. The van der Waals surface area contributed by atoms with Crippen LogP contribution in [-0.4, -0.2) is 53.1 Å². The molecule has 1 saturated carbocycles. The van der Waals surface area contributed by atoms with Gasteiger partial charge in [-0.1, -0.05) is 35.9 Å². The highest BCUT2D eigenvalue weighted by Crippen LogP contribution is 2.36. The molecular formula is C23H33ClO5S. The Kier molecular flexibility index (Phi) is 11.3. The SMILES string of the molecule is COC(/C=C/C1C(O)CC(O)C1C/C=C/CCCC(=O)CO)CCc1ccc(Cl)s1. The van der Waals surface area contributed by atoms with E-state index in [-0.39, 0.29) is 23.7 Å². The van der Waals surface area contributed by atoms with E-state index in [2.05, 4.69) is 0 Å². The highest BCUT2D eigenvalue weighted by atomic mass is 35.5. The summed E-state index contributed by atoms with van der Waals surface area (Å²) in [5.41, 5.74) is 0. The number of aliphatic hydroxyl groups is 3. The number of unbranched alkanes of at least 4 members (excludes halogenated alkanes) is 1. The molecule has 168 valence electrons. The normalized spacial score (nSPS) is 25.5. The van der Waals surface area contributed by atoms with Gasteiger partial charge in [-0.25, -0.2) is 0 Å². The van der Waals surface area contributed by atoms with Crippen molar-refractivity contribution in [1.82, 2.24) is 0 Å². The van der Waals surface area contributed by atoms with Crippen molar-refractivity contribution in [1.29, 1.82) is 0 Å². The molecule has 1 aromatic heterocycles. The Labute approximate surface area is 188 Å². The molecule has 1 heterocycles. The van der Waals surface area contributed by atoms with Gasteiger partial charge in [0.15, 0.2) is 5.78 Å². The zero-order valence-corrected chi connectivity index (χ0v) is 19.0. The Balaban J connectivity index is 1.85. The molecule has 0 aliphatic heterocycles. The van der Waals surface area contributed by atoms with Crippen LogP contribution in [0, 0.1) is 11.8 Å². The highest BCUT2D eigenvalue weighted by molar-refractivity contribution is 7.16. The molecule has 2 rings (SSSR count). The highest BCUT2D eigenvalue weighted by Gasteiger charge is 2.39. The number of carbonyl (C=O) groups excluding carboxylic acids is 1. The summed E-state index contributed by atoms with van der Waals surface area (Å²) in [6.07, 6.45) is 11.5. The van der Waals surface area contributed by atoms with Crippen LogP contribution in [0.4, 0.5) is 0 Å². The number of carbonyl (C=O) groups is 1. The first-order valence-electron chi connectivity index (χ1n) is 10.5. The van der Waals surface area contributed by atoms with E-state index in [9.17, 15) is 15.0 Å². The maximum Gasteiger partial charge on any atom is 0.158 e. The van der Waals surface area contributed by atoms with Gasteiger partial charge in [-0.3, -0.25) is 4.79 Å². The van der Waals surface area contributed by atoms with Crippen LogP contribution in [0.2, 0.25) is 4.34 Å². The molecule has 0 bridgehead atoms. The Bertz CT molecular complexity index is 702. The number of thiophene rings is 1. The van der Waals surface area contributed by atoms with Gasteiger partial charge in [0.2, 0.25) is 0 Å². The maximum atomic E-state index is 11.1. The van der Waals surface area contributed by atoms with Gasteiger partial charge in [0.25, 0.3) is 0 Å². The van der Waals surface area contributed by atoms with Crippen molar-refractivity contribution in [2.75, 3.05) is 13.7 Å². The average Bonchev–Trinajstić information content (AvgIpc) is 3.26. The van der Waals surface area contributed by atoms with Crippen molar-refractivity contribution >= 4 is 28.7 Å². The predicted molar refractivity (Wildman–Crippen MR) is 121 cm³/mol. The van der Waals surface area contributed by atoms with Crippen molar-refractivity contribution in [3.63, 3.8) is 0 Å². The molecule has 1 fully saturated rings. The molecule has 0 radical (unpaired) electrons. The van der Waals surface area contributed by atoms with Crippen molar-refractivity contribution in [2.24, 2.45) is 11.8 Å². The number of halogens is 1. The predicted octanol–water partition coefficient (Wildman–Crippen LogP) is 3.94. The summed E-state index contributed by atoms with van der Waals surface area (Å²) in [7, 11) is 1.68. The topological polar surface area (TPSA) is 87.0 Å². The lowest BCUT2D eigenvalue weighted by atomic mass is 9.89. The molecule has 3 N–H and O–H groups in total. The number of hydrogen-bond donors (Lipinski definition) is 3. The van der Waals surface area contributed by atoms with Crippen LogP contribution in [0.1, 0.15) is 43.4 Å². The van der Waals surface area contributed by atoms with E-state index >= 15 is 0 Å². The van der Waals surface area contributed by atoms with Crippen molar-refractivity contribution in [3.8, 4) is 0 Å². The molecule has 5 unspecified atom stereocenters. The lowest BCUT2D eigenvalue weighted by Crippen LogP contribution is -2.20. The van der Waals surface area contributed by atoms with Crippen LogP contribution >= 0.6 is 22.9 Å². The Hall–Kier alpha value is -1.02. The quantitative estimate of drug-likeness (QED) is 0.309. The number of Topliss-reactive ketones (excluding diaryl/α,β-unsaturated/α-hetero) is 1. The molecule has 7 heteroatoms. The average molecular weight is 457 g/mol. The van der Waals surface area contributed by atoms with Gasteiger partial charge >= 0.3 is 0 Å². The number of aliphatic hydroxyl groups excluding tert-OH is 3. The second kappa shape index (κ2) is 13.4. The van der Waals surface area contributed by atoms with E-state index in [1.54, 1.807) is 18.4 Å². The second-order valence-corrected chi connectivity index (χ2v) is 9.61. The summed E-state index contributed by atoms with van der Waals surface area (Å²) >= 11 is 7.56. The maximum absolute atomic E-state index is 11.1. The van der Waals surface area contributed by atoms with Crippen LogP contribution in [0.25, 0.3) is 0 Å². The van der Waals surface area contributed by atoms with Gasteiger partial charge in [-0.05, 0) is 50.2 Å². The van der Waals surface area contributed by atoms with Crippen LogP contribution < -0.4 is 0 Å². The first-order chi connectivity index (χ1) is 14.4. The third-order valence-corrected chi connectivity index (χ3v) is 6.94. The molecule has 1 aromatic rings. The number of ketones is 1. The molecule has 5 nitrogen and oxygen atoms in total. The molecule has 5 atom stereocenters. The van der Waals surface area contributed by atoms with E-state index in [1.165, 1.54) is 4.88 Å². The Morgan fingerprint density at radius 3 is 2.80 bits per heavy atom. The zero-order valence-electron chi connectivity index (χ0n) is 17.5. The minimum atomic E-state index is -0.564. The molecule has 0 spiro atoms. The van der Waals surface area contributed by atoms with E-state index in [0.717, 1.165) is 23.6 Å². The second-order valence-electron chi connectivity index (χ2n) is 7.81. The molecular weight excluding hydrogens is 424 g/mol. The summed E-state index contributed by atoms with van der Waals surface area (Å²) in [4.78, 5) is 12.3. The molecule has 0 amide bonds. The third kappa shape index (κ3) is 8.25. The number of aryl methyl sites for hydroxylation is 1. The van der Waals surface area contributed by atoms with Gasteiger partial charge in [0, 0.05) is 30.7 Å². The fourth-order valence-electron chi connectivity index (χ4n) is 3.89. The van der Waals surface area contributed by atoms with Gasteiger partial charge in [-0.2, -0.15) is 0 Å². The zero-order chi connectivity index (χ0) is 21.9. The molecule has 1 aliphatic rings. The smallest absolute Gasteiger partial charge is 0.158 e. The Morgan fingerprint density at radius 2 is 2.13 bits per heavy atom. The summed E-state index contributed by atoms with van der Waals surface area (Å²) in [6.45, 7) is -0.395. The number of ether oxygens (including phenoxy) is 1. The summed E-state index contributed by atoms with van der Waals surface area (Å²) in [6, 6.07) is 3.93. The van der Waals surface area contributed by atoms with Gasteiger partial charge in [-0.15, -0.1) is 11.3 Å². The van der Waals surface area contributed by atoms with Crippen LogP contribution in [0.3, 0.4) is 0 Å². The van der Waals surface area contributed by atoms with Gasteiger partial charge in [0.1, 0.15) is 6.61 Å². The minimum absolute atomic E-state index is 0.0415. The number of allylic oxidation sites excluding steroid dienone is 2. The van der Waals surface area contributed by atoms with Gasteiger partial charge in [0.05, 0.1) is 22.6 Å². The van der Waals surface area contributed by atoms with E-state index in [0.29, 0.717) is 25.7 Å². The molecule has 1 aliphatic carbocycles. The monoisotopic (exact) mass is 456 g/mol. The van der Waals surface area contributed by atoms with Crippen molar-refractivity contribution < 1.29 is 24.9 Å². The molecule has 0 saturated heterocycles. The van der Waals surface area contributed by atoms with Crippen LogP contribution in [0.15, 0.2) is 36.4 Å². The lowest BCUT2D eigenvalue weighted by Gasteiger charge is -2.20. The largest absolute Gasteiger partial charge is 0.393 e. The number of hydrogen-bond acceptors (Lipinski definition) is 6. The van der Waals surface area contributed by atoms with Crippen LogP contribution in [0.5, 0.6) is 0 Å². The van der Waals surface area contributed by atoms with Gasteiger partial charge < -0.3 is 20.1 Å². The Morgan fingerprint density at radius 1 is 1.33 bits per heavy atom. The number of methoxy groups -OCH3 is 1. The lowest BCUT2D eigenvalue weighted by molar-refractivity contribution is -0.121. The fourth-order valence-corrected chi connectivity index (χ4v) is 4.99. The summed E-state index contributed by atoms with van der Waals surface area (Å²) in [5, 5.41) is 29.5. The van der Waals surface area contributed by atoms with E-state index < -0.39 is 18.8 Å². The van der Waals surface area contributed by atoms with Crippen molar-refractivity contribution in [2.45, 2.75) is 63.3 Å². The van der Waals surface area contributed by atoms with E-state index in [1.807, 2.05) is 36.4 Å². The standard InChI is InChI=1S/C23H33ClO5S/c1-29-17(8-10-18-11-13-23(24)30-18)9-12-20-19(21(27)14-22(20)28)7-5-3-2-4-6-16(26)15-25/h3,5,9,11-13,17,19-22,25,27-28H,2,4,6-8,10,14-15H2,1H3/b5-3+,12-9+. The first kappa shape index (κ1) is 25.2. The van der Waals surface area contributed by atoms with Crippen LogP contribution in [-0.2, 0) is 16.0 Å². The van der Waals surface area contributed by atoms with E-state index in [4.69, 9.17) is 21.4 Å². The molecule has 0 aromatic carbocycles. The molecule has 30 heavy (non-hydrogen) atoms. The van der Waals surface area contributed by atoms with Crippen molar-refractivity contribution in [3.05, 3.63) is 45.7 Å². The first-order valence-corrected chi connectivity index (χ1v) is 11.7. The fraction of sp³-hybridized carbons (Fsp3) is 0.609. The third-order valence-electron chi connectivity index (χ3n) is 5.65. The number of rotatable bonds is 13. The summed E-state index contributed by atoms with van der Waals surface area (Å²) < 4.78 is 6.36.